The van der Waals surface area contributed by atoms with Gasteiger partial charge < -0.3 is 10.3 Å². The summed E-state index contributed by atoms with van der Waals surface area (Å²) < 4.78 is 51.5. The minimum atomic E-state index is -4.74. The van der Waals surface area contributed by atoms with E-state index in [-0.39, 0.29) is 16.9 Å². The summed E-state index contributed by atoms with van der Waals surface area (Å²) in [4.78, 5) is 30.5. The molecule has 13 heteroatoms. The van der Waals surface area contributed by atoms with Crippen LogP contribution >= 0.6 is 0 Å². The Balaban J connectivity index is 0.000000195. The average Bonchev–Trinajstić information content (AvgIpc) is 2.92. The number of nitrogens with one attached hydrogen (secondary N) is 1. The van der Waals surface area contributed by atoms with Gasteiger partial charge in [-0.05, 0) is 23.6 Å². The van der Waals surface area contributed by atoms with Gasteiger partial charge in [0.25, 0.3) is 11.1 Å². The van der Waals surface area contributed by atoms with Crippen LogP contribution in [0, 0.1) is 17.1 Å². The number of rotatable bonds is 1. The second kappa shape index (κ2) is 12.8. The number of nitrogens with zero attached hydrogens (tertiary/aromatic N) is 5. The molecule has 0 saturated heterocycles. The number of aromatic amines is 1. The first-order valence-corrected chi connectivity index (χ1v) is 11.9. The number of nitriles is 1. The van der Waals surface area contributed by atoms with Gasteiger partial charge in [0.15, 0.2) is 5.82 Å². The molecule has 0 atom stereocenters. The monoisotopic (exact) mass is 543 g/mol. The van der Waals surface area contributed by atoms with Gasteiger partial charge in [0, 0.05) is 25.6 Å². The van der Waals surface area contributed by atoms with E-state index in [2.05, 4.69) is 15.1 Å². The van der Waals surface area contributed by atoms with Crippen LogP contribution in [0.15, 0.2) is 52.6 Å². The van der Waals surface area contributed by atoms with E-state index in [4.69, 9.17) is 11.0 Å². The van der Waals surface area contributed by atoms with E-state index in [9.17, 15) is 27.2 Å². The van der Waals surface area contributed by atoms with Crippen LogP contribution in [0.4, 0.5) is 23.2 Å². The van der Waals surface area contributed by atoms with E-state index >= 15 is 0 Å². The molecule has 204 valence electrons. The molecule has 9 nitrogen and oxygen atoms in total. The highest BCUT2D eigenvalue weighted by Crippen LogP contribution is 2.29. The van der Waals surface area contributed by atoms with Gasteiger partial charge in [0.1, 0.15) is 17.4 Å². The number of pyridine rings is 1. The molecule has 1 aliphatic rings. The van der Waals surface area contributed by atoms with Crippen LogP contribution in [-0.2, 0) is 13.2 Å². The number of aromatic nitrogens is 5. The number of benzene rings is 1. The van der Waals surface area contributed by atoms with Crippen LogP contribution in [-0.4, -0.2) is 24.7 Å². The smallest absolute Gasteiger partial charge is 0.397 e. The molecule has 0 amide bonds. The lowest BCUT2D eigenvalue weighted by molar-refractivity contribution is -0.138. The normalized spacial score (nSPS) is 12.9. The Bertz CT molecular complexity index is 1570. The van der Waals surface area contributed by atoms with Gasteiger partial charge in [0.2, 0.25) is 0 Å². The van der Waals surface area contributed by atoms with Crippen molar-refractivity contribution < 1.29 is 17.6 Å². The van der Waals surface area contributed by atoms with Crippen molar-refractivity contribution in [1.82, 2.24) is 24.7 Å². The third-order valence-electron chi connectivity index (χ3n) is 5.86. The van der Waals surface area contributed by atoms with Gasteiger partial charge >= 0.3 is 6.18 Å². The Morgan fingerprint density at radius 2 is 1.62 bits per heavy atom. The van der Waals surface area contributed by atoms with E-state index in [1.165, 1.54) is 67.6 Å². The van der Waals surface area contributed by atoms with Crippen molar-refractivity contribution in [1.29, 1.82) is 5.26 Å². The van der Waals surface area contributed by atoms with Gasteiger partial charge in [0.05, 0.1) is 28.4 Å². The van der Waals surface area contributed by atoms with Crippen molar-refractivity contribution in [3.8, 4) is 17.5 Å². The van der Waals surface area contributed by atoms with Gasteiger partial charge in [-0.15, -0.1) is 0 Å². The van der Waals surface area contributed by atoms with E-state index in [0.717, 1.165) is 6.20 Å². The summed E-state index contributed by atoms with van der Waals surface area (Å²) in [5.74, 6) is -0.399. The molecular weight excluding hydrogens is 518 g/mol. The summed E-state index contributed by atoms with van der Waals surface area (Å²) in [6.45, 7) is 0. The minimum Gasteiger partial charge on any atom is -0.397 e. The molecule has 0 bridgehead atoms. The zero-order valence-electron chi connectivity index (χ0n) is 20.9. The predicted molar refractivity (Wildman–Crippen MR) is 137 cm³/mol. The van der Waals surface area contributed by atoms with Crippen molar-refractivity contribution in [2.24, 2.45) is 7.05 Å². The van der Waals surface area contributed by atoms with Crippen LogP contribution in [0.5, 0.6) is 0 Å². The maximum absolute atomic E-state index is 14.2. The molecule has 3 N–H and O–H groups in total. The number of H-pyrrole nitrogens is 1. The number of nitrogen functional groups attached to an aromatic ring is 1. The number of alkyl halides is 3. The second-order valence-electron chi connectivity index (χ2n) is 8.71. The average molecular weight is 544 g/mol. The van der Waals surface area contributed by atoms with Crippen molar-refractivity contribution in [3.63, 3.8) is 0 Å². The molecule has 0 spiro atoms. The molecule has 1 aliphatic carbocycles. The van der Waals surface area contributed by atoms with Crippen molar-refractivity contribution in [3.05, 3.63) is 80.6 Å². The molecule has 1 fully saturated rings. The molecule has 3 heterocycles. The van der Waals surface area contributed by atoms with E-state index in [0.29, 0.717) is 16.3 Å². The molecule has 3 aromatic heterocycles. The van der Waals surface area contributed by atoms with Crippen molar-refractivity contribution in [2.75, 3.05) is 5.73 Å². The number of fused-ring (bicyclic) bond motifs is 1. The standard InChI is InChI=1S/C15H9FN4O.C6H12.C5H4F3N3O/c1-20-3-2-10-4-12(13(16)5-11(10)15(20)21)14-18-7-9(6-17)8-19-14;1-2-4-6-5-3-1;6-5(7,8)3-2(9)1-10-11-4(3)12/h2-5,7-8H,1H3;1-6H2;1H,(H3,9,11,12). The maximum atomic E-state index is 14.2. The largest absolute Gasteiger partial charge is 0.423 e. The highest BCUT2D eigenvalue weighted by Gasteiger charge is 2.36. The van der Waals surface area contributed by atoms with Crippen LogP contribution in [0.2, 0.25) is 0 Å². The zero-order valence-corrected chi connectivity index (χ0v) is 20.9. The zero-order chi connectivity index (χ0) is 28.6. The molecule has 1 aromatic carbocycles. The fourth-order valence-corrected chi connectivity index (χ4v) is 3.82. The number of nitrogens with two attached hydrogens (primary N) is 1. The topological polar surface area (TPSA) is 143 Å². The SMILES string of the molecule is C1CCCCC1.Cn1ccc2cc(-c3ncc(C#N)cn3)c(F)cc2c1=O.Nc1cn[nH]c(=O)c1C(F)(F)F. The first-order chi connectivity index (χ1) is 18.5. The first kappa shape index (κ1) is 29.0. The maximum Gasteiger partial charge on any atom is 0.423 e. The molecule has 0 radical (unpaired) electrons. The van der Waals surface area contributed by atoms with Gasteiger partial charge in [-0.2, -0.15) is 23.5 Å². The third-order valence-corrected chi connectivity index (χ3v) is 5.86. The molecule has 0 aliphatic heterocycles. The Morgan fingerprint density at radius 3 is 2.10 bits per heavy atom. The highest BCUT2D eigenvalue weighted by molar-refractivity contribution is 5.85. The Hall–Kier alpha value is -4.60. The second-order valence-corrected chi connectivity index (χ2v) is 8.71. The fourth-order valence-electron chi connectivity index (χ4n) is 3.82. The van der Waals surface area contributed by atoms with Crippen LogP contribution in [0.25, 0.3) is 22.2 Å². The Morgan fingerprint density at radius 1 is 1.03 bits per heavy atom. The quantitative estimate of drug-likeness (QED) is 0.331. The van der Waals surface area contributed by atoms with E-state index in [1.807, 2.05) is 6.07 Å². The molecule has 5 rings (SSSR count). The van der Waals surface area contributed by atoms with E-state index in [1.54, 1.807) is 24.4 Å². The summed E-state index contributed by atoms with van der Waals surface area (Å²) in [5.41, 5.74) is 1.72. The van der Waals surface area contributed by atoms with Crippen molar-refractivity contribution >= 4 is 16.5 Å². The Labute approximate surface area is 220 Å². The third kappa shape index (κ3) is 7.47. The van der Waals surface area contributed by atoms with Gasteiger partial charge in [-0.25, -0.2) is 19.5 Å². The fraction of sp³-hybridized carbons (Fsp3) is 0.308. The highest BCUT2D eigenvalue weighted by atomic mass is 19.4. The summed E-state index contributed by atoms with van der Waals surface area (Å²) >= 11 is 0. The van der Waals surface area contributed by atoms with Crippen LogP contribution in [0.3, 0.4) is 0 Å². The molecule has 4 aromatic rings. The number of hydrogen-bond donors (Lipinski definition) is 2. The number of aryl methyl sites for hydroxylation is 1. The van der Waals surface area contributed by atoms with Crippen molar-refractivity contribution in [2.45, 2.75) is 44.7 Å². The summed E-state index contributed by atoms with van der Waals surface area (Å²) in [5, 5.41) is 14.4. The lowest BCUT2D eigenvalue weighted by Crippen LogP contribution is -2.24. The van der Waals surface area contributed by atoms with E-state index < -0.39 is 28.8 Å². The first-order valence-electron chi connectivity index (χ1n) is 11.9. The molecule has 1 saturated carbocycles. The van der Waals surface area contributed by atoms with Gasteiger partial charge in [-0.1, -0.05) is 38.5 Å². The summed E-state index contributed by atoms with van der Waals surface area (Å²) in [6, 6.07) is 6.35. The number of anilines is 1. The lowest BCUT2D eigenvalue weighted by atomic mass is 10.0. The van der Waals surface area contributed by atoms with Crippen LogP contribution in [0.1, 0.15) is 49.7 Å². The summed E-state index contributed by atoms with van der Waals surface area (Å²) in [7, 11) is 1.61. The number of halogens is 4. The molecule has 0 unspecified atom stereocenters. The molecular formula is C26H25F4N7O2. The molecule has 39 heavy (non-hydrogen) atoms. The van der Waals surface area contributed by atoms with Gasteiger partial charge in [-0.3, -0.25) is 9.59 Å². The predicted octanol–water partition coefficient (Wildman–Crippen LogP) is 4.72. The number of hydrogen-bond acceptors (Lipinski definition) is 7. The van der Waals surface area contributed by atoms with Crippen LogP contribution < -0.4 is 16.9 Å². The lowest BCUT2D eigenvalue weighted by Gasteiger charge is -2.06. The minimum absolute atomic E-state index is 0.175. The Kier molecular flexibility index (Phi) is 9.48. The summed E-state index contributed by atoms with van der Waals surface area (Å²) in [6.07, 6.45) is 9.28.